The predicted molar refractivity (Wildman–Crippen MR) is 117 cm³/mol. The van der Waals surface area contributed by atoms with Crippen molar-refractivity contribution in [2.45, 2.75) is 38.8 Å². The van der Waals surface area contributed by atoms with E-state index in [0.717, 1.165) is 37.1 Å². The highest BCUT2D eigenvalue weighted by Gasteiger charge is 2.38. The molecular weight excluding hydrogens is 394 g/mol. The van der Waals surface area contributed by atoms with E-state index in [0.29, 0.717) is 30.0 Å². The first-order chi connectivity index (χ1) is 15.0. The molecule has 1 N–H and O–H groups in total. The van der Waals surface area contributed by atoms with Gasteiger partial charge in [0.1, 0.15) is 11.8 Å². The first kappa shape index (κ1) is 20.9. The van der Waals surface area contributed by atoms with E-state index in [-0.39, 0.29) is 17.7 Å². The zero-order valence-electron chi connectivity index (χ0n) is 17.9. The summed E-state index contributed by atoms with van der Waals surface area (Å²) in [5, 5.41) is 2.79. The van der Waals surface area contributed by atoms with Crippen LogP contribution in [0.3, 0.4) is 0 Å². The minimum Gasteiger partial charge on any atom is -0.496 e. The third-order valence-electron chi connectivity index (χ3n) is 5.96. The van der Waals surface area contributed by atoms with Crippen molar-refractivity contribution in [2.75, 3.05) is 25.5 Å². The number of para-hydroxylation sites is 1. The lowest BCUT2D eigenvalue weighted by atomic mass is 9.92. The van der Waals surface area contributed by atoms with E-state index in [1.807, 2.05) is 29.2 Å². The maximum absolute atomic E-state index is 13.6. The van der Waals surface area contributed by atoms with Crippen LogP contribution in [0.4, 0.5) is 5.69 Å². The molecule has 1 saturated heterocycles. The second kappa shape index (κ2) is 8.79. The SMILES string of the molecule is COc1ccccc1C(=O)N1Cc2cc(NC(C)=O)ccc2C[C@H]1C(=O)N1CCCC1. The molecule has 2 aliphatic rings. The van der Waals surface area contributed by atoms with E-state index >= 15 is 0 Å². The van der Waals surface area contributed by atoms with Crippen molar-refractivity contribution in [1.82, 2.24) is 9.80 Å². The fourth-order valence-electron chi connectivity index (χ4n) is 4.42. The van der Waals surface area contributed by atoms with Crippen molar-refractivity contribution >= 4 is 23.4 Å². The average Bonchev–Trinajstić information content (AvgIpc) is 3.31. The highest BCUT2D eigenvalue weighted by Crippen LogP contribution is 2.31. The van der Waals surface area contributed by atoms with Gasteiger partial charge in [-0.2, -0.15) is 0 Å². The van der Waals surface area contributed by atoms with Gasteiger partial charge in [0.2, 0.25) is 11.8 Å². The summed E-state index contributed by atoms with van der Waals surface area (Å²) in [6, 6.07) is 12.2. The Morgan fingerprint density at radius 1 is 1.03 bits per heavy atom. The number of ether oxygens (including phenoxy) is 1. The number of carbonyl (C=O) groups is 3. The molecule has 0 aromatic heterocycles. The summed E-state index contributed by atoms with van der Waals surface area (Å²) in [5.41, 5.74) is 3.07. The van der Waals surface area contributed by atoms with Gasteiger partial charge in [-0.15, -0.1) is 0 Å². The van der Waals surface area contributed by atoms with Crippen molar-refractivity contribution in [1.29, 1.82) is 0 Å². The molecule has 0 bridgehead atoms. The number of anilines is 1. The second-order valence-electron chi connectivity index (χ2n) is 8.05. The normalized spacial score (nSPS) is 17.8. The first-order valence-electron chi connectivity index (χ1n) is 10.6. The van der Waals surface area contributed by atoms with Crippen molar-refractivity contribution in [3.63, 3.8) is 0 Å². The Labute approximate surface area is 182 Å². The van der Waals surface area contributed by atoms with Gasteiger partial charge in [-0.05, 0) is 48.2 Å². The van der Waals surface area contributed by atoms with Gasteiger partial charge in [-0.25, -0.2) is 0 Å². The van der Waals surface area contributed by atoms with Crippen molar-refractivity contribution in [3.8, 4) is 5.75 Å². The largest absolute Gasteiger partial charge is 0.496 e. The Bertz CT molecular complexity index is 1010. The third-order valence-corrected chi connectivity index (χ3v) is 5.96. The maximum Gasteiger partial charge on any atom is 0.258 e. The molecule has 0 unspecified atom stereocenters. The van der Waals surface area contributed by atoms with Crippen LogP contribution in [-0.4, -0.2) is 53.8 Å². The van der Waals surface area contributed by atoms with Gasteiger partial charge in [0.05, 0.1) is 12.7 Å². The number of hydrogen-bond acceptors (Lipinski definition) is 4. The molecule has 2 aromatic carbocycles. The van der Waals surface area contributed by atoms with E-state index in [2.05, 4.69) is 5.32 Å². The summed E-state index contributed by atoms with van der Waals surface area (Å²) >= 11 is 0. The van der Waals surface area contributed by atoms with Crippen LogP contribution in [0, 0.1) is 0 Å². The molecule has 2 aromatic rings. The Balaban J connectivity index is 1.71. The number of fused-ring (bicyclic) bond motifs is 1. The van der Waals surface area contributed by atoms with Gasteiger partial charge in [0.15, 0.2) is 0 Å². The zero-order chi connectivity index (χ0) is 22.0. The van der Waals surface area contributed by atoms with E-state index < -0.39 is 6.04 Å². The molecule has 0 saturated carbocycles. The summed E-state index contributed by atoms with van der Waals surface area (Å²) in [7, 11) is 1.53. The minimum atomic E-state index is -0.561. The van der Waals surface area contributed by atoms with Crippen LogP contribution in [0.2, 0.25) is 0 Å². The quantitative estimate of drug-likeness (QED) is 0.823. The number of benzene rings is 2. The Morgan fingerprint density at radius 2 is 1.77 bits per heavy atom. The molecule has 7 heteroatoms. The van der Waals surface area contributed by atoms with E-state index in [4.69, 9.17) is 4.74 Å². The van der Waals surface area contributed by atoms with Crippen molar-refractivity contribution in [3.05, 3.63) is 59.2 Å². The number of rotatable bonds is 4. The number of amides is 3. The highest BCUT2D eigenvalue weighted by atomic mass is 16.5. The van der Waals surface area contributed by atoms with Crippen LogP contribution >= 0.6 is 0 Å². The molecule has 0 radical (unpaired) electrons. The van der Waals surface area contributed by atoms with E-state index in [1.165, 1.54) is 14.0 Å². The van der Waals surface area contributed by atoms with Crippen LogP contribution in [0.5, 0.6) is 5.75 Å². The number of nitrogens with zero attached hydrogens (tertiary/aromatic N) is 2. The molecule has 3 amide bonds. The highest BCUT2D eigenvalue weighted by molar-refractivity contribution is 6.00. The molecule has 2 heterocycles. The van der Waals surface area contributed by atoms with E-state index in [9.17, 15) is 14.4 Å². The molecule has 0 spiro atoms. The number of hydrogen-bond donors (Lipinski definition) is 1. The lowest BCUT2D eigenvalue weighted by molar-refractivity contribution is -0.135. The monoisotopic (exact) mass is 421 g/mol. The molecule has 7 nitrogen and oxygen atoms in total. The number of nitrogens with one attached hydrogen (secondary N) is 1. The Morgan fingerprint density at radius 3 is 2.48 bits per heavy atom. The van der Waals surface area contributed by atoms with Crippen LogP contribution in [-0.2, 0) is 22.6 Å². The predicted octanol–water partition coefficient (Wildman–Crippen LogP) is 2.84. The summed E-state index contributed by atoms with van der Waals surface area (Å²) in [6.45, 7) is 3.23. The molecule has 162 valence electrons. The lowest BCUT2D eigenvalue weighted by Gasteiger charge is -2.38. The van der Waals surface area contributed by atoms with Crippen LogP contribution in [0.1, 0.15) is 41.3 Å². The van der Waals surface area contributed by atoms with Crippen molar-refractivity contribution in [2.24, 2.45) is 0 Å². The van der Waals surface area contributed by atoms with Gasteiger partial charge in [0.25, 0.3) is 5.91 Å². The van der Waals surface area contributed by atoms with Gasteiger partial charge < -0.3 is 19.9 Å². The van der Waals surface area contributed by atoms with Crippen LogP contribution < -0.4 is 10.1 Å². The summed E-state index contributed by atoms with van der Waals surface area (Å²) in [5.74, 6) is 0.0976. The average molecular weight is 421 g/mol. The number of carbonyl (C=O) groups excluding carboxylic acids is 3. The van der Waals surface area contributed by atoms with Crippen LogP contribution in [0.25, 0.3) is 0 Å². The topological polar surface area (TPSA) is 79.0 Å². The fourth-order valence-corrected chi connectivity index (χ4v) is 4.42. The third kappa shape index (κ3) is 4.26. The molecule has 1 fully saturated rings. The molecule has 2 aliphatic heterocycles. The zero-order valence-corrected chi connectivity index (χ0v) is 17.9. The number of likely N-dealkylation sites (tertiary alicyclic amines) is 1. The molecule has 31 heavy (non-hydrogen) atoms. The standard InChI is InChI=1S/C24H27N3O4/c1-16(28)25-19-10-9-17-14-21(24(30)26-11-5-6-12-26)27(15-18(17)13-19)23(29)20-7-3-4-8-22(20)31-2/h3-4,7-10,13,21H,5-6,11-12,14-15H2,1-2H3,(H,25,28)/t21-/m0/s1. The van der Waals surface area contributed by atoms with Gasteiger partial charge >= 0.3 is 0 Å². The van der Waals surface area contributed by atoms with Gasteiger partial charge in [-0.3, -0.25) is 14.4 Å². The Kier molecular flexibility index (Phi) is 5.93. The molecular formula is C24H27N3O4. The Hall–Kier alpha value is -3.35. The fraction of sp³-hybridized carbons (Fsp3) is 0.375. The summed E-state index contributed by atoms with van der Waals surface area (Å²) < 4.78 is 5.39. The lowest BCUT2D eigenvalue weighted by Crippen LogP contribution is -2.53. The van der Waals surface area contributed by atoms with Crippen LogP contribution in [0.15, 0.2) is 42.5 Å². The second-order valence-corrected chi connectivity index (χ2v) is 8.05. The number of methoxy groups -OCH3 is 1. The first-order valence-corrected chi connectivity index (χ1v) is 10.6. The minimum absolute atomic E-state index is 0.00247. The summed E-state index contributed by atoms with van der Waals surface area (Å²) in [4.78, 5) is 41.9. The summed E-state index contributed by atoms with van der Waals surface area (Å²) in [6.07, 6.45) is 2.44. The smallest absolute Gasteiger partial charge is 0.258 e. The maximum atomic E-state index is 13.6. The van der Waals surface area contributed by atoms with Gasteiger partial charge in [0, 0.05) is 38.7 Å². The molecule has 0 aliphatic carbocycles. The molecule has 4 rings (SSSR count). The molecule has 1 atom stereocenters. The van der Waals surface area contributed by atoms with Gasteiger partial charge in [-0.1, -0.05) is 18.2 Å². The van der Waals surface area contributed by atoms with E-state index in [1.54, 1.807) is 23.1 Å². The van der Waals surface area contributed by atoms with Crippen molar-refractivity contribution < 1.29 is 19.1 Å².